The fourth-order valence-electron chi connectivity index (χ4n) is 1.71. The van der Waals surface area contributed by atoms with Crippen LogP contribution in [0.3, 0.4) is 0 Å². The Morgan fingerprint density at radius 1 is 1.26 bits per heavy atom. The molecule has 0 aliphatic carbocycles. The first-order valence-electron chi connectivity index (χ1n) is 6.92. The molecule has 0 aromatic rings. The standard InChI is InChI=1S/C15H29NO2Si/c1-12(17)18-13(15(5,6)11-16)9-10-19(7,8)14(2,3)4/h13H,9-10H2,1-8H3/t13-/m1/s1. The van der Waals surface area contributed by atoms with E-state index in [0.717, 1.165) is 12.5 Å². The highest BCUT2D eigenvalue weighted by atomic mass is 28.3. The van der Waals surface area contributed by atoms with E-state index < -0.39 is 13.5 Å². The molecular formula is C15H29NO2Si. The van der Waals surface area contributed by atoms with Crippen LogP contribution in [0.4, 0.5) is 0 Å². The lowest BCUT2D eigenvalue weighted by Crippen LogP contribution is -2.40. The van der Waals surface area contributed by atoms with Gasteiger partial charge in [-0.1, -0.05) is 39.9 Å². The highest BCUT2D eigenvalue weighted by Crippen LogP contribution is 2.41. The summed E-state index contributed by atoms with van der Waals surface area (Å²) in [7, 11) is -1.41. The second kappa shape index (κ2) is 6.09. The Labute approximate surface area is 119 Å². The monoisotopic (exact) mass is 283 g/mol. The summed E-state index contributed by atoms with van der Waals surface area (Å²) < 4.78 is 5.37. The molecule has 3 nitrogen and oxygen atoms in total. The van der Waals surface area contributed by atoms with E-state index in [0.29, 0.717) is 5.04 Å². The molecule has 19 heavy (non-hydrogen) atoms. The Bertz CT molecular complexity index is 361. The van der Waals surface area contributed by atoms with E-state index in [2.05, 4.69) is 39.9 Å². The SMILES string of the molecule is CC(=O)O[C@H](CC[Si](C)(C)C(C)(C)C)C(C)(C)C#N. The first-order chi connectivity index (χ1) is 8.33. The van der Waals surface area contributed by atoms with Gasteiger partial charge in [0.15, 0.2) is 0 Å². The minimum atomic E-state index is -1.41. The number of hydrogen-bond acceptors (Lipinski definition) is 3. The molecule has 0 rings (SSSR count). The van der Waals surface area contributed by atoms with Crippen molar-refractivity contribution in [3.8, 4) is 6.07 Å². The van der Waals surface area contributed by atoms with Crippen LogP contribution < -0.4 is 0 Å². The minimum Gasteiger partial charge on any atom is -0.461 e. The van der Waals surface area contributed by atoms with Crippen LogP contribution in [0.25, 0.3) is 0 Å². The molecule has 0 aliphatic heterocycles. The van der Waals surface area contributed by atoms with Crippen molar-refractivity contribution in [1.82, 2.24) is 0 Å². The summed E-state index contributed by atoms with van der Waals surface area (Å²) in [5.74, 6) is -0.302. The first kappa shape index (κ1) is 18.2. The summed E-state index contributed by atoms with van der Waals surface area (Å²) in [5, 5.41) is 9.55. The molecule has 0 spiro atoms. The van der Waals surface area contributed by atoms with Crippen LogP contribution in [0.1, 0.15) is 48.0 Å². The molecule has 0 fully saturated rings. The second-order valence-corrected chi connectivity index (χ2v) is 13.4. The molecule has 0 amide bonds. The van der Waals surface area contributed by atoms with Crippen molar-refractivity contribution in [1.29, 1.82) is 5.26 Å². The van der Waals surface area contributed by atoms with Crippen molar-refractivity contribution >= 4 is 14.0 Å². The molecule has 110 valence electrons. The Balaban J connectivity index is 4.88. The highest BCUT2D eigenvalue weighted by Gasteiger charge is 2.38. The van der Waals surface area contributed by atoms with Gasteiger partial charge in [0, 0.05) is 6.92 Å². The van der Waals surface area contributed by atoms with E-state index >= 15 is 0 Å². The average molecular weight is 283 g/mol. The molecule has 0 aromatic heterocycles. The zero-order valence-electron chi connectivity index (χ0n) is 13.8. The molecule has 0 aromatic carbocycles. The molecule has 0 saturated carbocycles. The van der Waals surface area contributed by atoms with Crippen LogP contribution in [0.2, 0.25) is 24.2 Å². The van der Waals surface area contributed by atoms with E-state index in [1.165, 1.54) is 6.92 Å². The summed E-state index contributed by atoms with van der Waals surface area (Å²) in [4.78, 5) is 11.2. The van der Waals surface area contributed by atoms with Crippen LogP contribution in [0, 0.1) is 16.7 Å². The Morgan fingerprint density at radius 2 is 1.74 bits per heavy atom. The van der Waals surface area contributed by atoms with E-state index in [1.807, 2.05) is 13.8 Å². The first-order valence-corrected chi connectivity index (χ1v) is 10.1. The highest BCUT2D eigenvalue weighted by molar-refractivity contribution is 6.80. The van der Waals surface area contributed by atoms with Crippen LogP contribution >= 0.6 is 0 Å². The number of hydrogen-bond donors (Lipinski definition) is 0. The molecular weight excluding hydrogens is 254 g/mol. The van der Waals surface area contributed by atoms with Gasteiger partial charge in [-0.25, -0.2) is 0 Å². The van der Waals surface area contributed by atoms with Crippen molar-refractivity contribution < 1.29 is 9.53 Å². The molecule has 0 bridgehead atoms. The quantitative estimate of drug-likeness (QED) is 0.556. The van der Waals surface area contributed by atoms with E-state index in [1.54, 1.807) is 0 Å². The fraction of sp³-hybridized carbons (Fsp3) is 0.867. The minimum absolute atomic E-state index is 0.302. The molecule has 0 aliphatic rings. The zero-order chi connectivity index (χ0) is 15.5. The number of rotatable bonds is 5. The fourth-order valence-corrected chi connectivity index (χ4v) is 3.44. The Kier molecular flexibility index (Phi) is 5.82. The summed E-state index contributed by atoms with van der Waals surface area (Å²) in [5.41, 5.74) is -0.631. The molecule has 0 saturated heterocycles. The smallest absolute Gasteiger partial charge is 0.302 e. The number of carbonyl (C=O) groups is 1. The topological polar surface area (TPSA) is 50.1 Å². The maximum Gasteiger partial charge on any atom is 0.302 e. The third kappa shape index (κ3) is 5.36. The van der Waals surface area contributed by atoms with Crippen LogP contribution in [-0.4, -0.2) is 20.1 Å². The van der Waals surface area contributed by atoms with E-state index in [-0.39, 0.29) is 12.1 Å². The number of nitriles is 1. The van der Waals surface area contributed by atoms with Gasteiger partial charge in [-0.05, 0) is 25.3 Å². The van der Waals surface area contributed by atoms with Gasteiger partial charge in [0.05, 0.1) is 19.6 Å². The van der Waals surface area contributed by atoms with Crippen molar-refractivity contribution in [3.05, 3.63) is 0 Å². The second-order valence-electron chi connectivity index (χ2n) is 7.60. The maximum absolute atomic E-state index is 11.2. The van der Waals surface area contributed by atoms with Gasteiger partial charge >= 0.3 is 5.97 Å². The van der Waals surface area contributed by atoms with Gasteiger partial charge in [-0.2, -0.15) is 5.26 Å². The molecule has 0 heterocycles. The molecule has 1 atom stereocenters. The molecule has 0 N–H and O–H groups in total. The Hall–Kier alpha value is -0.823. The molecule has 4 heteroatoms. The Morgan fingerprint density at radius 3 is 2.05 bits per heavy atom. The molecule has 0 radical (unpaired) electrons. The lowest BCUT2D eigenvalue weighted by molar-refractivity contribution is -0.150. The van der Waals surface area contributed by atoms with Crippen LogP contribution in [-0.2, 0) is 9.53 Å². The number of nitrogens with zero attached hydrogens (tertiary/aromatic N) is 1. The largest absolute Gasteiger partial charge is 0.461 e. The van der Waals surface area contributed by atoms with Crippen molar-refractivity contribution in [2.24, 2.45) is 5.41 Å². The van der Waals surface area contributed by atoms with E-state index in [9.17, 15) is 10.1 Å². The third-order valence-electron chi connectivity index (χ3n) is 4.46. The van der Waals surface area contributed by atoms with Gasteiger partial charge < -0.3 is 4.74 Å². The molecule has 0 unspecified atom stereocenters. The van der Waals surface area contributed by atoms with Gasteiger partial charge in [-0.3, -0.25) is 4.79 Å². The summed E-state index contributed by atoms with van der Waals surface area (Å²) in [6, 6.07) is 3.32. The normalized spacial score (nSPS) is 14.7. The van der Waals surface area contributed by atoms with E-state index in [4.69, 9.17) is 4.74 Å². The van der Waals surface area contributed by atoms with Crippen molar-refractivity contribution in [2.75, 3.05) is 0 Å². The van der Waals surface area contributed by atoms with Gasteiger partial charge in [0.25, 0.3) is 0 Å². The van der Waals surface area contributed by atoms with Crippen molar-refractivity contribution in [3.63, 3.8) is 0 Å². The lowest BCUT2D eigenvalue weighted by atomic mass is 9.87. The van der Waals surface area contributed by atoms with Gasteiger partial charge in [0.2, 0.25) is 0 Å². The van der Waals surface area contributed by atoms with Crippen LogP contribution in [0.5, 0.6) is 0 Å². The lowest BCUT2D eigenvalue weighted by Gasteiger charge is -2.39. The van der Waals surface area contributed by atoms with Gasteiger partial charge in [-0.15, -0.1) is 0 Å². The summed E-state index contributed by atoms with van der Waals surface area (Å²) >= 11 is 0. The third-order valence-corrected chi connectivity index (χ3v) is 10.1. The van der Waals surface area contributed by atoms with Crippen LogP contribution in [0.15, 0.2) is 0 Å². The summed E-state index contributed by atoms with van der Waals surface area (Å²) in [6.45, 7) is 16.6. The van der Waals surface area contributed by atoms with Crippen molar-refractivity contribution in [2.45, 2.75) is 78.2 Å². The predicted molar refractivity (Wildman–Crippen MR) is 81.6 cm³/mol. The summed E-state index contributed by atoms with van der Waals surface area (Å²) in [6.07, 6.45) is 0.459. The van der Waals surface area contributed by atoms with Gasteiger partial charge in [0.1, 0.15) is 6.10 Å². The maximum atomic E-state index is 11.2. The zero-order valence-corrected chi connectivity index (χ0v) is 14.8. The average Bonchev–Trinajstić information content (AvgIpc) is 2.21. The number of ether oxygens (including phenoxy) is 1. The number of esters is 1. The predicted octanol–water partition coefficient (Wildman–Crippen LogP) is 4.37. The number of carbonyl (C=O) groups excluding carboxylic acids is 1.